The van der Waals surface area contributed by atoms with Gasteiger partial charge in [-0.05, 0) is 68.3 Å². The monoisotopic (exact) mass is 447 g/mol. The molecule has 0 aromatic heterocycles. The number of thioether (sulfide) groups is 1. The maximum atomic E-state index is 11.9. The highest BCUT2D eigenvalue weighted by atomic mass is 35.5. The molecule has 160 valence electrons. The van der Waals surface area contributed by atoms with Gasteiger partial charge in [0.05, 0.1) is 12.0 Å². The van der Waals surface area contributed by atoms with Crippen LogP contribution in [0, 0.1) is 0 Å². The molecule has 0 aliphatic carbocycles. The van der Waals surface area contributed by atoms with Crippen LogP contribution in [-0.4, -0.2) is 35.9 Å². The fraction of sp³-hybridized carbons (Fsp3) is 0.318. The summed E-state index contributed by atoms with van der Waals surface area (Å²) in [6.45, 7) is 5.69. The predicted molar refractivity (Wildman–Crippen MR) is 123 cm³/mol. The first kappa shape index (κ1) is 23.8. The maximum Gasteiger partial charge on any atom is 0.258 e. The first-order valence-electron chi connectivity index (χ1n) is 9.39. The Balaban J connectivity index is 1.68. The number of benzene rings is 2. The second-order valence-electron chi connectivity index (χ2n) is 7.57. The Bertz CT molecular complexity index is 863. The molecule has 0 radical (unpaired) electrons. The quantitative estimate of drug-likeness (QED) is 0.449. The molecule has 2 rings (SSSR count). The number of nitrogens with zero attached hydrogens (tertiary/aromatic N) is 1. The zero-order chi connectivity index (χ0) is 22.0. The molecular weight excluding hydrogens is 422 g/mol. The molecule has 8 heteroatoms. The van der Waals surface area contributed by atoms with E-state index in [-0.39, 0.29) is 24.0 Å². The highest BCUT2D eigenvalue weighted by Gasteiger charge is 2.13. The van der Waals surface area contributed by atoms with Gasteiger partial charge in [-0.15, -0.1) is 11.8 Å². The Hall–Kier alpha value is -2.51. The van der Waals surface area contributed by atoms with Crippen molar-refractivity contribution in [3.05, 3.63) is 64.7 Å². The van der Waals surface area contributed by atoms with E-state index in [4.69, 9.17) is 16.3 Å². The molecule has 6 nitrogen and oxygen atoms in total. The van der Waals surface area contributed by atoms with E-state index in [9.17, 15) is 9.59 Å². The summed E-state index contributed by atoms with van der Waals surface area (Å²) in [6.07, 6.45) is 1.55. The molecule has 0 fully saturated rings. The SMILES string of the molecule is CC(C)(C)NC(=O)COc1ccc(/C=N\NC(=O)CSCc2ccc(Cl)cc2)cc1. The normalized spacial score (nSPS) is 11.3. The van der Waals surface area contributed by atoms with Crippen molar-refractivity contribution in [2.45, 2.75) is 32.1 Å². The number of carbonyl (C=O) groups is 2. The average molecular weight is 448 g/mol. The number of hydrogen-bond acceptors (Lipinski definition) is 5. The van der Waals surface area contributed by atoms with E-state index in [1.165, 1.54) is 11.8 Å². The van der Waals surface area contributed by atoms with Gasteiger partial charge in [-0.25, -0.2) is 5.43 Å². The number of halogens is 1. The summed E-state index contributed by atoms with van der Waals surface area (Å²) in [6, 6.07) is 14.6. The minimum Gasteiger partial charge on any atom is -0.484 e. The first-order chi connectivity index (χ1) is 14.2. The van der Waals surface area contributed by atoms with Gasteiger partial charge in [0.2, 0.25) is 5.91 Å². The lowest BCUT2D eigenvalue weighted by molar-refractivity contribution is -0.124. The van der Waals surface area contributed by atoms with Gasteiger partial charge in [-0.2, -0.15) is 5.10 Å². The maximum absolute atomic E-state index is 11.9. The minimum absolute atomic E-state index is 0.0472. The van der Waals surface area contributed by atoms with Crippen molar-refractivity contribution < 1.29 is 14.3 Å². The van der Waals surface area contributed by atoms with Crippen molar-refractivity contribution in [3.63, 3.8) is 0 Å². The zero-order valence-corrected chi connectivity index (χ0v) is 18.8. The van der Waals surface area contributed by atoms with Gasteiger partial charge >= 0.3 is 0 Å². The summed E-state index contributed by atoms with van der Waals surface area (Å²) in [7, 11) is 0. The largest absolute Gasteiger partial charge is 0.484 e. The zero-order valence-electron chi connectivity index (χ0n) is 17.3. The van der Waals surface area contributed by atoms with Crippen molar-refractivity contribution in [3.8, 4) is 5.75 Å². The van der Waals surface area contributed by atoms with Crippen molar-refractivity contribution in [2.75, 3.05) is 12.4 Å². The Morgan fingerprint density at radius 1 is 1.07 bits per heavy atom. The summed E-state index contributed by atoms with van der Waals surface area (Å²) in [5.41, 5.74) is 4.13. The fourth-order valence-corrected chi connectivity index (χ4v) is 3.21. The number of rotatable bonds is 9. The molecule has 2 aromatic rings. The second-order valence-corrected chi connectivity index (χ2v) is 8.99. The molecule has 0 saturated heterocycles. The number of amides is 2. The molecular formula is C22H26ClN3O3S. The van der Waals surface area contributed by atoms with Crippen LogP contribution in [0.1, 0.15) is 31.9 Å². The van der Waals surface area contributed by atoms with E-state index < -0.39 is 0 Å². The summed E-state index contributed by atoms with van der Waals surface area (Å²) >= 11 is 7.35. The Morgan fingerprint density at radius 2 is 1.73 bits per heavy atom. The number of hydrazone groups is 1. The van der Waals surface area contributed by atoms with Gasteiger partial charge in [-0.3, -0.25) is 9.59 Å². The molecule has 0 aliphatic rings. The molecule has 0 spiro atoms. The van der Waals surface area contributed by atoms with Gasteiger partial charge in [0.15, 0.2) is 6.61 Å². The van der Waals surface area contributed by atoms with E-state index in [0.29, 0.717) is 16.5 Å². The highest BCUT2D eigenvalue weighted by Crippen LogP contribution is 2.15. The number of ether oxygens (including phenoxy) is 1. The Morgan fingerprint density at radius 3 is 2.37 bits per heavy atom. The van der Waals surface area contributed by atoms with Crippen molar-refractivity contribution in [1.82, 2.24) is 10.7 Å². The minimum atomic E-state index is -0.292. The van der Waals surface area contributed by atoms with E-state index in [0.717, 1.165) is 16.9 Å². The lowest BCUT2D eigenvalue weighted by Gasteiger charge is -2.20. The van der Waals surface area contributed by atoms with Crippen LogP contribution in [0.15, 0.2) is 53.6 Å². The van der Waals surface area contributed by atoms with Crippen LogP contribution >= 0.6 is 23.4 Å². The predicted octanol–water partition coefficient (Wildman–Crippen LogP) is 4.02. The van der Waals surface area contributed by atoms with E-state index in [1.54, 1.807) is 30.5 Å². The third kappa shape index (κ3) is 9.80. The molecule has 2 amide bonds. The fourth-order valence-electron chi connectivity index (χ4n) is 2.31. The van der Waals surface area contributed by atoms with Crippen LogP contribution in [0.5, 0.6) is 5.75 Å². The van der Waals surface area contributed by atoms with E-state index in [1.807, 2.05) is 45.0 Å². The number of hydrogen-bond donors (Lipinski definition) is 2. The van der Waals surface area contributed by atoms with Gasteiger partial charge in [0, 0.05) is 16.3 Å². The molecule has 0 atom stereocenters. The molecule has 2 aromatic carbocycles. The van der Waals surface area contributed by atoms with E-state index in [2.05, 4.69) is 15.8 Å². The van der Waals surface area contributed by atoms with Gasteiger partial charge < -0.3 is 10.1 Å². The molecule has 0 saturated carbocycles. The first-order valence-corrected chi connectivity index (χ1v) is 10.9. The Kier molecular flexibility index (Phi) is 9.20. The summed E-state index contributed by atoms with van der Waals surface area (Å²) in [5, 5.41) is 7.49. The number of carbonyl (C=O) groups excluding carboxylic acids is 2. The second kappa shape index (κ2) is 11.6. The smallest absolute Gasteiger partial charge is 0.258 e. The standard InChI is InChI=1S/C22H26ClN3O3S/c1-22(2,3)25-20(27)13-29-19-10-6-16(7-11-19)12-24-26-21(28)15-30-14-17-4-8-18(23)9-5-17/h4-12H,13-15H2,1-3H3,(H,25,27)(H,26,28)/b24-12-. The molecule has 0 bridgehead atoms. The third-order valence-corrected chi connectivity index (χ3v) is 4.84. The van der Waals surface area contributed by atoms with Crippen molar-refractivity contribution in [1.29, 1.82) is 0 Å². The lowest BCUT2D eigenvalue weighted by Crippen LogP contribution is -2.43. The molecule has 0 aliphatic heterocycles. The van der Waals surface area contributed by atoms with Crippen LogP contribution in [0.25, 0.3) is 0 Å². The third-order valence-electron chi connectivity index (χ3n) is 3.58. The average Bonchev–Trinajstić information content (AvgIpc) is 2.68. The summed E-state index contributed by atoms with van der Waals surface area (Å²) < 4.78 is 5.46. The molecule has 2 N–H and O–H groups in total. The molecule has 0 unspecified atom stereocenters. The molecule has 0 heterocycles. The van der Waals surface area contributed by atoms with Crippen LogP contribution in [0.4, 0.5) is 0 Å². The number of nitrogens with one attached hydrogen (secondary N) is 2. The van der Waals surface area contributed by atoms with Gasteiger partial charge in [0.1, 0.15) is 5.75 Å². The highest BCUT2D eigenvalue weighted by molar-refractivity contribution is 7.99. The molecule has 30 heavy (non-hydrogen) atoms. The van der Waals surface area contributed by atoms with Crippen molar-refractivity contribution >= 4 is 41.4 Å². The van der Waals surface area contributed by atoms with Gasteiger partial charge in [0.25, 0.3) is 5.91 Å². The van der Waals surface area contributed by atoms with Crippen molar-refractivity contribution in [2.24, 2.45) is 5.10 Å². The lowest BCUT2D eigenvalue weighted by atomic mass is 10.1. The van der Waals surface area contributed by atoms with Crippen LogP contribution in [0.3, 0.4) is 0 Å². The van der Waals surface area contributed by atoms with Crippen LogP contribution < -0.4 is 15.5 Å². The van der Waals surface area contributed by atoms with E-state index >= 15 is 0 Å². The van der Waals surface area contributed by atoms with Gasteiger partial charge in [-0.1, -0.05) is 23.7 Å². The van der Waals surface area contributed by atoms with Crippen LogP contribution in [0.2, 0.25) is 5.02 Å². The summed E-state index contributed by atoms with van der Waals surface area (Å²) in [5.74, 6) is 1.27. The van der Waals surface area contributed by atoms with Crippen LogP contribution in [-0.2, 0) is 15.3 Å². The Labute approximate surface area is 186 Å². The topological polar surface area (TPSA) is 79.8 Å². The summed E-state index contributed by atoms with van der Waals surface area (Å²) in [4.78, 5) is 23.6.